The molecule has 1 heterocycles. The number of aryl methyl sites for hydroxylation is 1. The van der Waals surface area contributed by atoms with Crippen molar-refractivity contribution in [3.63, 3.8) is 0 Å². The number of carbonyl (C=O) groups excluding carboxylic acids is 2. The Labute approximate surface area is 167 Å². The average molecular weight is 385 g/mol. The predicted octanol–water partition coefficient (Wildman–Crippen LogP) is 3.14. The number of hydrogen-bond donors (Lipinski definition) is 1. The molecule has 1 saturated carbocycles. The van der Waals surface area contributed by atoms with Gasteiger partial charge < -0.3 is 14.8 Å². The van der Waals surface area contributed by atoms with Crippen LogP contribution in [-0.2, 0) is 22.6 Å². The first-order chi connectivity index (χ1) is 13.4. The maximum atomic E-state index is 13.0. The summed E-state index contributed by atoms with van der Waals surface area (Å²) in [6.45, 7) is 9.14. The third-order valence-electron chi connectivity index (χ3n) is 5.25. The number of benzene rings is 1. The monoisotopic (exact) mass is 384 g/mol. The summed E-state index contributed by atoms with van der Waals surface area (Å²) in [6, 6.07) is 8.26. The van der Waals surface area contributed by atoms with E-state index in [4.69, 9.17) is 4.98 Å². The van der Waals surface area contributed by atoms with Crippen LogP contribution in [0.1, 0.15) is 52.8 Å². The van der Waals surface area contributed by atoms with E-state index in [1.54, 1.807) is 0 Å². The predicted molar refractivity (Wildman–Crippen MR) is 111 cm³/mol. The zero-order valence-electron chi connectivity index (χ0n) is 17.4. The molecular weight excluding hydrogens is 352 g/mol. The number of carbonyl (C=O) groups is 2. The molecule has 2 amide bonds. The summed E-state index contributed by atoms with van der Waals surface area (Å²) in [7, 11) is 0. The zero-order chi connectivity index (χ0) is 20.3. The van der Waals surface area contributed by atoms with E-state index in [0.29, 0.717) is 13.1 Å². The summed E-state index contributed by atoms with van der Waals surface area (Å²) in [5.41, 5.74) is 1.90. The van der Waals surface area contributed by atoms with Crippen molar-refractivity contribution in [1.82, 2.24) is 19.8 Å². The van der Waals surface area contributed by atoms with Gasteiger partial charge in [0.2, 0.25) is 11.8 Å². The van der Waals surface area contributed by atoms with Crippen molar-refractivity contribution < 1.29 is 9.59 Å². The molecule has 1 aromatic heterocycles. The summed E-state index contributed by atoms with van der Waals surface area (Å²) >= 11 is 0. The van der Waals surface area contributed by atoms with Crippen molar-refractivity contribution >= 4 is 22.8 Å². The fourth-order valence-electron chi connectivity index (χ4n) is 3.83. The molecule has 2 aromatic rings. The van der Waals surface area contributed by atoms with Crippen LogP contribution in [-0.4, -0.2) is 44.9 Å². The van der Waals surface area contributed by atoms with Gasteiger partial charge in [0.1, 0.15) is 12.4 Å². The fraction of sp³-hybridized carbons (Fsp3) is 0.591. The van der Waals surface area contributed by atoms with E-state index in [1.165, 1.54) is 0 Å². The topological polar surface area (TPSA) is 67.2 Å². The van der Waals surface area contributed by atoms with Crippen LogP contribution in [0.5, 0.6) is 0 Å². The third kappa shape index (κ3) is 4.72. The maximum Gasteiger partial charge on any atom is 0.243 e. The molecule has 152 valence electrons. The molecule has 1 aromatic carbocycles. The lowest BCUT2D eigenvalue weighted by atomic mass is 10.2. The lowest BCUT2D eigenvalue weighted by Crippen LogP contribution is -2.43. The van der Waals surface area contributed by atoms with Gasteiger partial charge in [-0.1, -0.05) is 12.1 Å². The summed E-state index contributed by atoms with van der Waals surface area (Å²) in [4.78, 5) is 31.5. The van der Waals surface area contributed by atoms with Gasteiger partial charge in [-0.05, 0) is 59.1 Å². The van der Waals surface area contributed by atoms with Crippen LogP contribution >= 0.6 is 0 Å². The fourth-order valence-corrected chi connectivity index (χ4v) is 3.83. The summed E-state index contributed by atoms with van der Waals surface area (Å²) in [6.07, 6.45) is 3.59. The van der Waals surface area contributed by atoms with Gasteiger partial charge in [-0.25, -0.2) is 4.98 Å². The van der Waals surface area contributed by atoms with Crippen molar-refractivity contribution in [1.29, 1.82) is 0 Å². The minimum Gasteiger partial charge on any atom is -0.356 e. The quantitative estimate of drug-likeness (QED) is 0.676. The highest BCUT2D eigenvalue weighted by Crippen LogP contribution is 2.28. The Balaban J connectivity index is 1.72. The highest BCUT2D eigenvalue weighted by atomic mass is 16.2. The minimum atomic E-state index is 0.108. The molecule has 28 heavy (non-hydrogen) atoms. The van der Waals surface area contributed by atoms with Crippen LogP contribution in [0.15, 0.2) is 24.3 Å². The van der Waals surface area contributed by atoms with Crippen LogP contribution in [0.4, 0.5) is 0 Å². The molecule has 3 rings (SSSR count). The number of hydrogen-bond acceptors (Lipinski definition) is 3. The number of nitrogens with one attached hydrogen (secondary N) is 1. The van der Waals surface area contributed by atoms with Crippen molar-refractivity contribution in [3.8, 4) is 0 Å². The smallest absolute Gasteiger partial charge is 0.243 e. The highest BCUT2D eigenvalue weighted by molar-refractivity contribution is 5.82. The largest absolute Gasteiger partial charge is 0.356 e. The molecule has 0 radical (unpaired) electrons. The van der Waals surface area contributed by atoms with Crippen LogP contribution in [0.3, 0.4) is 0 Å². The molecule has 1 aliphatic carbocycles. The Kier molecular flexibility index (Phi) is 6.37. The first-order valence-corrected chi connectivity index (χ1v) is 10.4. The van der Waals surface area contributed by atoms with Crippen molar-refractivity contribution in [2.75, 3.05) is 6.54 Å². The van der Waals surface area contributed by atoms with E-state index >= 15 is 0 Å². The van der Waals surface area contributed by atoms with Gasteiger partial charge in [-0.15, -0.1) is 0 Å². The lowest BCUT2D eigenvalue weighted by molar-refractivity contribution is -0.135. The number of rotatable bonds is 9. The zero-order valence-corrected chi connectivity index (χ0v) is 17.4. The van der Waals surface area contributed by atoms with E-state index in [1.807, 2.05) is 61.4 Å². The molecule has 0 aliphatic heterocycles. The Morgan fingerprint density at radius 2 is 1.86 bits per heavy atom. The summed E-state index contributed by atoms with van der Waals surface area (Å²) in [5.74, 6) is 1.42. The van der Waals surface area contributed by atoms with Gasteiger partial charge in [0.05, 0.1) is 11.0 Å². The molecule has 0 spiro atoms. The standard InChI is InChI=1S/C22H32N4O2/c1-15(2)26(16(3)4)21(27)14-25-19-9-6-5-8-18(19)24-20(25)10-7-13-23-22(28)17-11-12-17/h5-6,8-9,15-17H,7,10-14H2,1-4H3,(H,23,28). The lowest BCUT2D eigenvalue weighted by Gasteiger charge is -2.31. The van der Waals surface area contributed by atoms with Crippen LogP contribution in [0, 0.1) is 5.92 Å². The number of imidazole rings is 1. The maximum absolute atomic E-state index is 13.0. The van der Waals surface area contributed by atoms with Crippen molar-refractivity contribution in [2.45, 2.75) is 72.0 Å². The molecule has 6 heteroatoms. The van der Waals surface area contributed by atoms with Gasteiger partial charge in [-0.3, -0.25) is 9.59 Å². The summed E-state index contributed by atoms with van der Waals surface area (Å²) < 4.78 is 2.04. The Hall–Kier alpha value is -2.37. The van der Waals surface area contributed by atoms with Crippen molar-refractivity contribution in [3.05, 3.63) is 30.1 Å². The third-order valence-corrected chi connectivity index (χ3v) is 5.25. The molecule has 1 N–H and O–H groups in total. The second kappa shape index (κ2) is 8.76. The van der Waals surface area contributed by atoms with E-state index in [-0.39, 0.29) is 29.8 Å². The van der Waals surface area contributed by atoms with Crippen LogP contribution in [0.2, 0.25) is 0 Å². The van der Waals surface area contributed by atoms with Gasteiger partial charge in [0.15, 0.2) is 0 Å². The normalized spacial score (nSPS) is 14.1. The Morgan fingerprint density at radius 1 is 1.18 bits per heavy atom. The van der Waals surface area contributed by atoms with Gasteiger partial charge >= 0.3 is 0 Å². The van der Waals surface area contributed by atoms with Gasteiger partial charge in [0.25, 0.3) is 0 Å². The number of fused-ring (bicyclic) bond motifs is 1. The number of aromatic nitrogens is 2. The van der Waals surface area contributed by atoms with Gasteiger partial charge in [-0.2, -0.15) is 0 Å². The second-order valence-corrected chi connectivity index (χ2v) is 8.26. The number of amides is 2. The molecule has 0 atom stereocenters. The molecule has 6 nitrogen and oxygen atoms in total. The van der Waals surface area contributed by atoms with Gasteiger partial charge in [0, 0.05) is 31.0 Å². The van der Waals surface area contributed by atoms with Crippen molar-refractivity contribution in [2.24, 2.45) is 5.92 Å². The first-order valence-electron chi connectivity index (χ1n) is 10.4. The molecule has 0 unspecified atom stereocenters. The van der Waals surface area contributed by atoms with E-state index in [9.17, 15) is 9.59 Å². The average Bonchev–Trinajstić information content (AvgIpc) is 3.42. The summed E-state index contributed by atoms with van der Waals surface area (Å²) in [5, 5.41) is 3.01. The second-order valence-electron chi connectivity index (χ2n) is 8.26. The SMILES string of the molecule is CC(C)N(C(=O)Cn1c(CCCNC(=O)C2CC2)nc2ccccc21)C(C)C. The highest BCUT2D eigenvalue weighted by Gasteiger charge is 2.29. The molecule has 1 fully saturated rings. The molecule has 1 aliphatic rings. The minimum absolute atomic E-state index is 0.108. The molecule has 0 bridgehead atoms. The van der Waals surface area contributed by atoms with E-state index < -0.39 is 0 Å². The Morgan fingerprint density at radius 3 is 2.50 bits per heavy atom. The number of para-hydroxylation sites is 2. The molecule has 0 saturated heterocycles. The van der Waals surface area contributed by atoms with Crippen LogP contribution < -0.4 is 5.32 Å². The Bertz CT molecular complexity index is 828. The van der Waals surface area contributed by atoms with E-state index in [0.717, 1.165) is 42.5 Å². The first kappa shape index (κ1) is 20.4. The van der Waals surface area contributed by atoms with Crippen LogP contribution in [0.25, 0.3) is 11.0 Å². The molecular formula is C22H32N4O2. The van der Waals surface area contributed by atoms with E-state index in [2.05, 4.69) is 5.32 Å². The number of nitrogens with zero attached hydrogens (tertiary/aromatic N) is 3.